The van der Waals surface area contributed by atoms with E-state index in [1.165, 1.54) is 0 Å². The fraction of sp³-hybridized carbons (Fsp3) is 0.0556. The van der Waals surface area contributed by atoms with Crippen molar-refractivity contribution in [2.24, 2.45) is 16.0 Å². The monoisotopic (exact) mass is 387 g/mol. The van der Waals surface area contributed by atoms with E-state index in [0.29, 0.717) is 16.6 Å². The lowest BCUT2D eigenvalue weighted by molar-refractivity contribution is 0.401. The van der Waals surface area contributed by atoms with Gasteiger partial charge in [0.25, 0.3) is 0 Å². The Kier molecular flexibility index (Phi) is 4.71. The molecule has 8 heteroatoms. The van der Waals surface area contributed by atoms with Crippen LogP contribution in [0, 0.1) is 5.41 Å². The van der Waals surface area contributed by atoms with Gasteiger partial charge in [0.05, 0.1) is 12.7 Å². The molecule has 132 valence electrons. The average Bonchev–Trinajstić information content (AvgIpc) is 2.94. The molecule has 1 aliphatic carbocycles. The van der Waals surface area contributed by atoms with Crippen LogP contribution in [0.15, 0.2) is 52.7 Å². The lowest BCUT2D eigenvalue weighted by Crippen LogP contribution is -2.03. The first kappa shape index (κ1) is 18.0. The number of pyridine rings is 1. The van der Waals surface area contributed by atoms with Gasteiger partial charge in [0.2, 0.25) is 11.8 Å². The van der Waals surface area contributed by atoms with Crippen LogP contribution < -0.4 is 10.5 Å². The number of aromatic nitrogens is 1. The third-order valence-corrected chi connectivity index (χ3v) is 4.36. The van der Waals surface area contributed by atoms with E-state index in [0.717, 1.165) is 32.8 Å². The lowest BCUT2D eigenvalue weighted by atomic mass is 10.0. The highest BCUT2D eigenvalue weighted by Gasteiger charge is 2.25. The van der Waals surface area contributed by atoms with Gasteiger partial charge in [-0.15, -0.1) is 22.6 Å². The van der Waals surface area contributed by atoms with Crippen LogP contribution in [0.5, 0.6) is 5.88 Å². The third kappa shape index (κ3) is 2.73. The van der Waals surface area contributed by atoms with Crippen molar-refractivity contribution in [2.75, 3.05) is 7.11 Å². The molecule has 0 saturated carbocycles. The summed E-state index contributed by atoms with van der Waals surface area (Å²) < 4.78 is 5.57. The maximum atomic E-state index is 7.33. The molecule has 0 spiro atoms. The van der Waals surface area contributed by atoms with Crippen molar-refractivity contribution in [1.29, 1.82) is 5.41 Å². The zero-order chi connectivity index (χ0) is 17.6. The van der Waals surface area contributed by atoms with Crippen LogP contribution in [-0.4, -0.2) is 18.1 Å². The number of azo groups is 1. The van der Waals surface area contributed by atoms with Crippen molar-refractivity contribution in [3.63, 3.8) is 0 Å². The molecule has 0 saturated heterocycles. The molecule has 2 aliphatic rings. The van der Waals surface area contributed by atoms with Gasteiger partial charge in [-0.05, 0) is 23.6 Å². The molecule has 2 aromatic rings. The molecule has 0 fully saturated rings. The molecule has 4 rings (SSSR count). The van der Waals surface area contributed by atoms with Crippen molar-refractivity contribution in [3.8, 4) is 17.0 Å². The number of fused-ring (bicyclic) bond motifs is 5. The molecule has 1 aliphatic heterocycles. The van der Waals surface area contributed by atoms with Gasteiger partial charge >= 0.3 is 0 Å². The standard InChI is InChI=1S/C18H14ClN5O.ClH/c1-25-17-15-14(12-8-9(19)6-7-13(12)22-17)10-4-2-3-5-11(10)16(15)23-24-18(20)21;/h2-8,22H,1H3,(H3,20,21);1H. The van der Waals surface area contributed by atoms with Gasteiger partial charge < -0.3 is 15.5 Å². The second-order valence-corrected chi connectivity index (χ2v) is 6.01. The van der Waals surface area contributed by atoms with E-state index in [1.807, 2.05) is 42.5 Å². The van der Waals surface area contributed by atoms with E-state index < -0.39 is 0 Å². The predicted molar refractivity (Wildman–Crippen MR) is 108 cm³/mol. The van der Waals surface area contributed by atoms with E-state index in [9.17, 15) is 0 Å². The highest BCUT2D eigenvalue weighted by Crippen LogP contribution is 2.51. The van der Waals surface area contributed by atoms with Crippen LogP contribution in [0.2, 0.25) is 5.02 Å². The first-order valence-electron chi connectivity index (χ1n) is 7.55. The first-order valence-corrected chi connectivity index (χ1v) is 7.93. The topological polar surface area (TPSA) is 99.6 Å². The molecule has 0 radical (unpaired) electrons. The zero-order valence-electron chi connectivity index (χ0n) is 13.7. The summed E-state index contributed by atoms with van der Waals surface area (Å²) in [6.07, 6.45) is 0. The highest BCUT2D eigenvalue weighted by molar-refractivity contribution is 6.32. The minimum absolute atomic E-state index is 0. The molecule has 0 atom stereocenters. The Bertz CT molecular complexity index is 1140. The van der Waals surface area contributed by atoms with Crippen LogP contribution in [0.25, 0.3) is 32.8 Å². The van der Waals surface area contributed by atoms with Crippen molar-refractivity contribution in [1.82, 2.24) is 4.98 Å². The fourth-order valence-corrected chi connectivity index (χ4v) is 3.35. The Balaban J connectivity index is 0.00000196. The number of nitrogens with zero attached hydrogens (tertiary/aromatic N) is 2. The number of nitrogens with one attached hydrogen (secondary N) is 2. The molecular formula is C18H15Cl2N5O. The number of aromatic amines is 1. The van der Waals surface area contributed by atoms with Gasteiger partial charge in [0, 0.05) is 26.9 Å². The highest BCUT2D eigenvalue weighted by atomic mass is 35.5. The molecule has 1 heterocycles. The van der Waals surface area contributed by atoms with Crippen molar-refractivity contribution < 1.29 is 4.74 Å². The predicted octanol–water partition coefficient (Wildman–Crippen LogP) is 5.49. The van der Waals surface area contributed by atoms with Crippen LogP contribution in [0.4, 0.5) is 5.69 Å². The first-order chi connectivity index (χ1) is 12.1. The van der Waals surface area contributed by atoms with Crippen molar-refractivity contribution in [3.05, 3.63) is 47.5 Å². The minimum Gasteiger partial charge on any atom is -0.482 e. The summed E-state index contributed by atoms with van der Waals surface area (Å²) in [5.74, 6) is 0.212. The van der Waals surface area contributed by atoms with Gasteiger partial charge in [0.15, 0.2) is 0 Å². The number of methoxy groups -OCH3 is 1. The number of ether oxygens (including phenoxy) is 1. The second-order valence-electron chi connectivity index (χ2n) is 5.58. The molecule has 0 unspecified atom stereocenters. The fourth-order valence-electron chi connectivity index (χ4n) is 3.17. The molecule has 6 nitrogen and oxygen atoms in total. The molecular weight excluding hydrogens is 373 g/mol. The molecule has 4 N–H and O–H groups in total. The summed E-state index contributed by atoms with van der Waals surface area (Å²) in [5, 5.41) is 18.8. The number of guanidine groups is 1. The Morgan fingerprint density at radius 1 is 1.12 bits per heavy atom. The zero-order valence-corrected chi connectivity index (χ0v) is 15.3. The van der Waals surface area contributed by atoms with Crippen molar-refractivity contribution >= 4 is 57.3 Å². The van der Waals surface area contributed by atoms with Crippen LogP contribution >= 0.6 is 24.0 Å². The number of hydrogen-bond acceptors (Lipinski definition) is 3. The van der Waals surface area contributed by atoms with E-state index in [2.05, 4.69) is 15.2 Å². The summed E-state index contributed by atoms with van der Waals surface area (Å²) in [5.41, 5.74) is 8.61. The van der Waals surface area contributed by atoms with E-state index in [-0.39, 0.29) is 18.4 Å². The number of hydrogen-bond donors (Lipinski definition) is 3. The number of benzene rings is 2. The summed E-state index contributed by atoms with van der Waals surface area (Å²) in [6.45, 7) is 0. The Labute approximate surface area is 160 Å². The van der Waals surface area contributed by atoms with Crippen LogP contribution in [0.3, 0.4) is 0 Å². The smallest absolute Gasteiger partial charge is 0.232 e. The molecule has 0 aromatic heterocycles. The van der Waals surface area contributed by atoms with Gasteiger partial charge in [-0.25, -0.2) is 0 Å². The van der Waals surface area contributed by atoms with Crippen molar-refractivity contribution in [2.45, 2.75) is 0 Å². The molecule has 2 aromatic carbocycles. The van der Waals surface area contributed by atoms with Gasteiger partial charge in [-0.2, -0.15) is 0 Å². The maximum absolute atomic E-state index is 7.33. The molecule has 0 amide bonds. The number of halogens is 2. The van der Waals surface area contributed by atoms with E-state index in [1.54, 1.807) is 7.11 Å². The minimum atomic E-state index is -0.356. The largest absolute Gasteiger partial charge is 0.482 e. The number of rotatable bonds is 2. The van der Waals surface area contributed by atoms with E-state index in [4.69, 9.17) is 27.5 Å². The quantitative estimate of drug-likeness (QED) is 0.240. The van der Waals surface area contributed by atoms with Crippen LogP contribution in [0.1, 0.15) is 0 Å². The average molecular weight is 388 g/mol. The van der Waals surface area contributed by atoms with Gasteiger partial charge in [0.1, 0.15) is 5.69 Å². The maximum Gasteiger partial charge on any atom is 0.232 e. The lowest BCUT2D eigenvalue weighted by Gasteiger charge is -2.13. The van der Waals surface area contributed by atoms with Gasteiger partial charge in [-0.3, -0.25) is 5.41 Å². The molecule has 26 heavy (non-hydrogen) atoms. The van der Waals surface area contributed by atoms with Gasteiger partial charge in [-0.1, -0.05) is 35.9 Å². The van der Waals surface area contributed by atoms with E-state index >= 15 is 0 Å². The Morgan fingerprint density at radius 3 is 2.54 bits per heavy atom. The summed E-state index contributed by atoms with van der Waals surface area (Å²) in [7, 11) is 1.59. The third-order valence-electron chi connectivity index (χ3n) is 4.13. The summed E-state index contributed by atoms with van der Waals surface area (Å²) in [4.78, 5) is 3.27. The summed E-state index contributed by atoms with van der Waals surface area (Å²) in [6, 6.07) is 13.5. The molecule has 0 bridgehead atoms. The normalized spacial score (nSPS) is 11.3. The van der Waals surface area contributed by atoms with Crippen LogP contribution in [-0.2, 0) is 0 Å². The Hall–Kier alpha value is -2.83. The second kappa shape index (κ2) is 6.82. The Morgan fingerprint density at radius 2 is 1.85 bits per heavy atom. The SMILES string of the molecule is COc1[nH]c2ccc(Cl)cc2c2c3ccccc3c(N=NC(=N)N)c1-2.Cl. The number of H-pyrrole nitrogens is 1. The number of nitrogens with two attached hydrogens (primary N) is 1. The summed E-state index contributed by atoms with van der Waals surface area (Å²) >= 11 is 6.22.